The van der Waals surface area contributed by atoms with E-state index >= 15 is 24.0 Å². The van der Waals surface area contributed by atoms with Gasteiger partial charge in [0, 0.05) is 62.0 Å². The number of ether oxygens (including phenoxy) is 2. The van der Waals surface area contributed by atoms with Gasteiger partial charge in [-0.25, -0.2) is 5.06 Å². The van der Waals surface area contributed by atoms with E-state index in [1.807, 2.05) is 60.6 Å². The van der Waals surface area contributed by atoms with Crippen LogP contribution in [-0.2, 0) is 67.1 Å². The lowest BCUT2D eigenvalue weighted by Gasteiger charge is -2.50. The standard InChI is InChI=1S/C71H126N12O15/c1-25-51-66(90)76(19)49(15)65(89)81(24)57(50(16)97-35-29-28-32-82-33-36-96-37-34-82)62(86)75-55(44(8)9)69(93)77(20)52(38-41(2)3)61(85)72-47(13)60(84)73-48(14)64(88)78(21)53(39-42(4)5)67(91)79(22)54(40-43(6)7)68(92)80(23)56(45(10)11)70(94)83-58(63(87)74-51)59(98-83)46(12)30-26-27-31-71(17,18)95/h26-27,41-59,95H,25,28-40H2,1-24H3,(H,72,85)(H,73,84)(H,74,87)(H,75,86)/b27-26+/t46-,47+,48-,49-,50-,51+,52+,53+,54+,55+,56+,57+,58+,59-/m1/s1. The number of aliphatic hydroxyl groups is 1. The molecule has 0 aromatic carbocycles. The average molecular weight is 1390 g/mol. The molecule has 11 amide bonds. The lowest BCUT2D eigenvalue weighted by atomic mass is 9.89. The second kappa shape index (κ2) is 39.1. The van der Waals surface area contributed by atoms with E-state index in [-0.39, 0.29) is 50.0 Å². The quantitative estimate of drug-likeness (QED) is 0.0810. The van der Waals surface area contributed by atoms with E-state index in [9.17, 15) is 33.9 Å². The van der Waals surface area contributed by atoms with Crippen LogP contribution in [0.2, 0.25) is 0 Å². The number of nitrogens with one attached hydrogen (secondary N) is 4. The normalized spacial score (nSPS) is 28.1. The Kier molecular flexibility index (Phi) is 34.3. The molecule has 560 valence electrons. The Morgan fingerprint density at radius 2 is 1.05 bits per heavy atom. The Morgan fingerprint density at radius 1 is 0.541 bits per heavy atom. The molecule has 0 saturated carbocycles. The number of hydrogen-bond acceptors (Lipinski definition) is 16. The molecule has 27 nitrogen and oxygen atoms in total. The molecule has 98 heavy (non-hydrogen) atoms. The molecule has 0 radical (unpaired) electrons. The summed E-state index contributed by atoms with van der Waals surface area (Å²) in [6.45, 7) is 34.9. The van der Waals surface area contributed by atoms with Crippen LogP contribution in [0, 0.1) is 35.5 Å². The number of rotatable bonds is 21. The van der Waals surface area contributed by atoms with Gasteiger partial charge in [0.05, 0.1) is 24.9 Å². The molecule has 3 fully saturated rings. The zero-order valence-corrected chi connectivity index (χ0v) is 63.8. The van der Waals surface area contributed by atoms with Crippen molar-refractivity contribution in [2.45, 2.75) is 260 Å². The molecule has 3 rings (SSSR count). The second-order valence-corrected chi connectivity index (χ2v) is 30.2. The van der Waals surface area contributed by atoms with Crippen LogP contribution in [0.4, 0.5) is 0 Å². The Balaban J connectivity index is 2.30. The van der Waals surface area contributed by atoms with Crippen molar-refractivity contribution in [3.63, 3.8) is 0 Å². The Hall–Kier alpha value is -6.29. The van der Waals surface area contributed by atoms with Crippen LogP contribution in [-0.4, -0.2) is 275 Å². The molecule has 14 atom stereocenters. The molecule has 0 aromatic heterocycles. The monoisotopic (exact) mass is 1390 g/mol. The van der Waals surface area contributed by atoms with Crippen LogP contribution in [0.1, 0.15) is 176 Å². The summed E-state index contributed by atoms with van der Waals surface area (Å²) in [6, 6.07) is -13.8. The van der Waals surface area contributed by atoms with Crippen molar-refractivity contribution in [2.75, 3.05) is 81.7 Å². The molecule has 0 unspecified atom stereocenters. The van der Waals surface area contributed by atoms with Crippen molar-refractivity contribution in [3.8, 4) is 0 Å². The predicted molar refractivity (Wildman–Crippen MR) is 374 cm³/mol. The van der Waals surface area contributed by atoms with Crippen LogP contribution in [0.15, 0.2) is 12.2 Å². The van der Waals surface area contributed by atoms with Crippen LogP contribution in [0.5, 0.6) is 0 Å². The van der Waals surface area contributed by atoms with Gasteiger partial charge in [-0.15, -0.1) is 0 Å². The number of nitrogens with zero attached hydrogens (tertiary/aromatic N) is 8. The Bertz CT molecular complexity index is 2720. The number of amides is 11. The fourth-order valence-corrected chi connectivity index (χ4v) is 12.7. The van der Waals surface area contributed by atoms with E-state index in [1.165, 1.54) is 92.5 Å². The maximum atomic E-state index is 15.3. The summed E-state index contributed by atoms with van der Waals surface area (Å²) in [6.07, 6.45) is 4.27. The summed E-state index contributed by atoms with van der Waals surface area (Å²) in [7, 11) is 8.61. The summed E-state index contributed by atoms with van der Waals surface area (Å²) in [5.41, 5.74) is -0.994. The van der Waals surface area contributed by atoms with Gasteiger partial charge in [0.15, 0.2) is 6.04 Å². The Labute approximate surface area is 585 Å². The first-order valence-corrected chi connectivity index (χ1v) is 35.6. The third kappa shape index (κ3) is 23.9. The van der Waals surface area contributed by atoms with Crippen molar-refractivity contribution < 1.29 is 72.2 Å². The largest absolute Gasteiger partial charge is 0.390 e. The van der Waals surface area contributed by atoms with Gasteiger partial charge >= 0.3 is 0 Å². The minimum Gasteiger partial charge on any atom is -0.390 e. The van der Waals surface area contributed by atoms with E-state index in [1.54, 1.807) is 55.4 Å². The number of unbranched alkanes of at least 4 members (excludes halogenated alkanes) is 1. The highest BCUT2D eigenvalue weighted by atomic mass is 16.7. The highest BCUT2D eigenvalue weighted by Gasteiger charge is 2.55. The molecule has 3 saturated heterocycles. The first-order valence-electron chi connectivity index (χ1n) is 35.6. The summed E-state index contributed by atoms with van der Waals surface area (Å²) in [4.78, 5) is 180. The van der Waals surface area contributed by atoms with Crippen LogP contribution < -0.4 is 21.3 Å². The first kappa shape index (κ1) is 85.9. The topological polar surface area (TPSA) is 310 Å². The number of hydroxylamine groups is 2. The number of morpholine rings is 1. The Morgan fingerprint density at radius 3 is 1.57 bits per heavy atom. The van der Waals surface area contributed by atoms with Crippen LogP contribution in [0.3, 0.4) is 0 Å². The maximum Gasteiger partial charge on any atom is 0.270 e. The summed E-state index contributed by atoms with van der Waals surface area (Å²) >= 11 is 0. The number of hydrogen-bond donors (Lipinski definition) is 5. The van der Waals surface area contributed by atoms with Gasteiger partial charge < -0.3 is 65.2 Å². The fraction of sp³-hybridized carbons (Fsp3) is 0.817. The molecule has 0 bridgehead atoms. The van der Waals surface area contributed by atoms with E-state index in [0.29, 0.717) is 32.5 Å². The van der Waals surface area contributed by atoms with Crippen molar-refractivity contribution >= 4 is 65.0 Å². The van der Waals surface area contributed by atoms with E-state index in [4.69, 9.17) is 14.3 Å². The molecule has 27 heteroatoms. The maximum absolute atomic E-state index is 15.3. The molecule has 3 aliphatic rings. The molecule has 0 spiro atoms. The third-order valence-electron chi connectivity index (χ3n) is 19.0. The minimum atomic E-state index is -1.39. The van der Waals surface area contributed by atoms with Gasteiger partial charge in [-0.3, -0.25) is 62.5 Å². The van der Waals surface area contributed by atoms with Gasteiger partial charge in [-0.2, -0.15) is 0 Å². The van der Waals surface area contributed by atoms with E-state index in [2.05, 4.69) is 26.2 Å². The van der Waals surface area contributed by atoms with Gasteiger partial charge in [-0.05, 0) is 135 Å². The number of fused-ring (bicyclic) bond motifs is 1. The fourth-order valence-electron chi connectivity index (χ4n) is 12.7. The molecule has 5 N–H and O–H groups in total. The van der Waals surface area contributed by atoms with Gasteiger partial charge in [0.25, 0.3) is 5.91 Å². The van der Waals surface area contributed by atoms with Crippen molar-refractivity contribution in [1.29, 1.82) is 0 Å². The third-order valence-corrected chi connectivity index (χ3v) is 19.0. The molecule has 0 aliphatic carbocycles. The summed E-state index contributed by atoms with van der Waals surface area (Å²) < 4.78 is 11.9. The number of likely N-dealkylation sites (N-methyl/N-ethyl adjacent to an activating group) is 6. The predicted octanol–water partition coefficient (Wildman–Crippen LogP) is 3.59. The van der Waals surface area contributed by atoms with Gasteiger partial charge in [-0.1, -0.05) is 95.2 Å². The molecular weight excluding hydrogens is 1260 g/mol. The summed E-state index contributed by atoms with van der Waals surface area (Å²) in [5, 5.41) is 22.5. The van der Waals surface area contributed by atoms with E-state index < -0.39 is 167 Å². The second-order valence-electron chi connectivity index (χ2n) is 30.2. The van der Waals surface area contributed by atoms with Crippen LogP contribution in [0.25, 0.3) is 0 Å². The van der Waals surface area contributed by atoms with Crippen molar-refractivity contribution in [1.82, 2.24) is 60.6 Å². The molecular formula is C71H126N12O15. The lowest BCUT2D eigenvalue weighted by molar-refractivity contribution is -0.321. The number of carbonyl (C=O) groups excluding carboxylic acids is 11. The molecule has 3 heterocycles. The SMILES string of the molecule is CC[C@@H]1NC(=O)[C@@H]2[C@@H]([C@H](C)C/C=C/CC(C)(C)O)ON2C(=O)[C@H](C(C)C)N(C)C(=O)[C@H](CC(C)C)N(C)C(=O)[C@H](CC(C)C)N(C)C(=O)[C@@H](C)NC(=O)[C@H](C)NC(=O)[C@H](CC(C)C)N(C)C(=O)[C@H](C(C)C)NC(=O)[C@H]([C@@H](C)OCCCCN2CCOCC2)N(C)C(=O)[C@@H](C)N(C)C1=O. The highest BCUT2D eigenvalue weighted by molar-refractivity contribution is 6.00. The average Bonchev–Trinajstić information content (AvgIpc) is 0.755. The highest BCUT2D eigenvalue weighted by Crippen LogP contribution is 2.34. The summed E-state index contributed by atoms with van der Waals surface area (Å²) in [5.74, 6) is -9.64. The molecule has 3 aliphatic heterocycles. The zero-order valence-electron chi connectivity index (χ0n) is 63.8. The van der Waals surface area contributed by atoms with E-state index in [0.717, 1.165) is 31.1 Å². The van der Waals surface area contributed by atoms with Crippen molar-refractivity contribution in [2.24, 2.45) is 35.5 Å². The zero-order chi connectivity index (χ0) is 74.7. The first-order chi connectivity index (χ1) is 45.5. The number of carbonyl (C=O) groups is 11. The van der Waals surface area contributed by atoms with Gasteiger partial charge in [0.2, 0.25) is 59.1 Å². The van der Waals surface area contributed by atoms with Crippen LogP contribution >= 0.6 is 0 Å². The van der Waals surface area contributed by atoms with Gasteiger partial charge in [0.1, 0.15) is 66.5 Å². The minimum absolute atomic E-state index is 0.0255. The number of allylic oxidation sites excluding steroid dienone is 1. The molecule has 0 aromatic rings. The smallest absolute Gasteiger partial charge is 0.270 e. The lowest BCUT2D eigenvalue weighted by Crippen LogP contribution is -2.72. The van der Waals surface area contributed by atoms with Crippen molar-refractivity contribution in [3.05, 3.63) is 12.2 Å².